The van der Waals surface area contributed by atoms with Crippen molar-refractivity contribution in [2.75, 3.05) is 0 Å². The maximum Gasteiger partial charge on any atom is 0.178 e. The first-order chi connectivity index (χ1) is 13.9. The Labute approximate surface area is 160 Å². The SMILES string of the molecule is c1ccc2c(c1)Cc1c-2ccc2c3cnccc3n3c4cccnc4nc3c12. The van der Waals surface area contributed by atoms with Crippen molar-refractivity contribution < 1.29 is 0 Å². The first-order valence-electron chi connectivity index (χ1n) is 9.43. The van der Waals surface area contributed by atoms with Crippen LogP contribution in [0.5, 0.6) is 0 Å². The maximum atomic E-state index is 4.97. The third kappa shape index (κ3) is 1.63. The second kappa shape index (κ2) is 4.93. The fourth-order valence-corrected chi connectivity index (χ4v) is 4.81. The zero-order valence-corrected chi connectivity index (χ0v) is 14.9. The van der Waals surface area contributed by atoms with Gasteiger partial charge in [-0.25, -0.2) is 9.97 Å². The molecule has 4 nitrogen and oxygen atoms in total. The standard InChI is InChI=1S/C24H14N4/c1-2-5-15-14(4-1)12-18-16(15)7-8-17-19-13-25-11-9-20(19)28-21-6-3-10-26-23(21)27-24(28)22(17)18/h1-11,13H,12H2. The molecule has 4 heterocycles. The first kappa shape index (κ1) is 14.3. The molecule has 0 saturated heterocycles. The Morgan fingerprint density at radius 1 is 0.786 bits per heavy atom. The van der Waals surface area contributed by atoms with Crippen LogP contribution in [0.3, 0.4) is 0 Å². The van der Waals surface area contributed by atoms with Crippen LogP contribution in [-0.2, 0) is 6.42 Å². The molecule has 0 atom stereocenters. The predicted molar refractivity (Wildman–Crippen MR) is 112 cm³/mol. The Hall–Kier alpha value is -3.79. The quantitative estimate of drug-likeness (QED) is 0.352. The lowest BCUT2D eigenvalue weighted by Gasteiger charge is -2.12. The van der Waals surface area contributed by atoms with Gasteiger partial charge in [-0.15, -0.1) is 0 Å². The Balaban J connectivity index is 1.79. The molecule has 0 saturated carbocycles. The molecule has 0 aliphatic heterocycles. The van der Waals surface area contributed by atoms with Gasteiger partial charge in [0, 0.05) is 29.4 Å². The van der Waals surface area contributed by atoms with Gasteiger partial charge in [0.1, 0.15) is 5.65 Å². The molecule has 0 fully saturated rings. The van der Waals surface area contributed by atoms with Gasteiger partial charge in [0.05, 0.1) is 11.0 Å². The van der Waals surface area contributed by atoms with Crippen molar-refractivity contribution in [2.24, 2.45) is 0 Å². The summed E-state index contributed by atoms with van der Waals surface area (Å²) in [5.74, 6) is 0. The Morgan fingerprint density at radius 2 is 1.75 bits per heavy atom. The van der Waals surface area contributed by atoms with E-state index in [0.29, 0.717) is 0 Å². The molecule has 1 aliphatic carbocycles. The summed E-state index contributed by atoms with van der Waals surface area (Å²) in [5.41, 5.74) is 9.28. The molecule has 2 aromatic carbocycles. The van der Waals surface area contributed by atoms with E-state index in [-0.39, 0.29) is 0 Å². The summed E-state index contributed by atoms with van der Waals surface area (Å²) >= 11 is 0. The summed E-state index contributed by atoms with van der Waals surface area (Å²) in [4.78, 5) is 13.9. The normalized spacial score (nSPS) is 12.9. The van der Waals surface area contributed by atoms with Crippen LogP contribution < -0.4 is 0 Å². The molecule has 28 heavy (non-hydrogen) atoms. The van der Waals surface area contributed by atoms with Gasteiger partial charge < -0.3 is 0 Å². The highest BCUT2D eigenvalue weighted by molar-refractivity contribution is 6.16. The number of rotatable bonds is 0. The number of nitrogens with zero attached hydrogens (tertiary/aromatic N) is 4. The van der Waals surface area contributed by atoms with E-state index in [9.17, 15) is 0 Å². The molecule has 0 N–H and O–H groups in total. The number of fused-ring (bicyclic) bond motifs is 12. The minimum atomic E-state index is 0.779. The van der Waals surface area contributed by atoms with E-state index in [0.717, 1.165) is 34.1 Å². The minimum Gasteiger partial charge on any atom is -0.290 e. The molecular formula is C24H14N4. The molecule has 4 heteroatoms. The van der Waals surface area contributed by atoms with Crippen LogP contribution in [0.25, 0.3) is 49.6 Å². The van der Waals surface area contributed by atoms with E-state index in [1.807, 2.05) is 18.5 Å². The lowest BCUT2D eigenvalue weighted by molar-refractivity contribution is 1.26. The first-order valence-corrected chi connectivity index (χ1v) is 9.43. The summed E-state index contributed by atoms with van der Waals surface area (Å²) < 4.78 is 2.24. The molecule has 4 aromatic heterocycles. The van der Waals surface area contributed by atoms with Crippen molar-refractivity contribution in [3.63, 3.8) is 0 Å². The van der Waals surface area contributed by atoms with Gasteiger partial charge >= 0.3 is 0 Å². The van der Waals surface area contributed by atoms with Crippen LogP contribution in [0.1, 0.15) is 11.1 Å². The Morgan fingerprint density at radius 3 is 2.75 bits per heavy atom. The Bertz CT molecular complexity index is 1590. The predicted octanol–water partition coefficient (Wildman–Crippen LogP) is 5.16. The second-order valence-electron chi connectivity index (χ2n) is 7.36. The van der Waals surface area contributed by atoms with E-state index in [2.05, 4.69) is 62.9 Å². The van der Waals surface area contributed by atoms with Crippen molar-refractivity contribution in [1.82, 2.24) is 19.4 Å². The summed E-state index contributed by atoms with van der Waals surface area (Å²) in [5, 5.41) is 3.57. The molecule has 0 spiro atoms. The van der Waals surface area contributed by atoms with Crippen molar-refractivity contribution in [3.05, 3.63) is 84.3 Å². The van der Waals surface area contributed by atoms with E-state index in [4.69, 9.17) is 4.98 Å². The van der Waals surface area contributed by atoms with E-state index < -0.39 is 0 Å². The van der Waals surface area contributed by atoms with Gasteiger partial charge in [-0.1, -0.05) is 36.4 Å². The van der Waals surface area contributed by atoms with Gasteiger partial charge in [0.25, 0.3) is 0 Å². The highest BCUT2D eigenvalue weighted by Gasteiger charge is 2.24. The monoisotopic (exact) mass is 358 g/mol. The second-order valence-corrected chi connectivity index (χ2v) is 7.36. The minimum absolute atomic E-state index is 0.779. The van der Waals surface area contributed by atoms with Gasteiger partial charge in [0.2, 0.25) is 0 Å². The molecule has 6 aromatic rings. The summed E-state index contributed by atoms with van der Waals surface area (Å²) in [7, 11) is 0. The smallest absolute Gasteiger partial charge is 0.178 e. The van der Waals surface area contributed by atoms with Gasteiger partial charge in [-0.2, -0.15) is 0 Å². The average molecular weight is 358 g/mol. The van der Waals surface area contributed by atoms with Crippen molar-refractivity contribution in [3.8, 4) is 11.1 Å². The largest absolute Gasteiger partial charge is 0.290 e. The van der Waals surface area contributed by atoms with Crippen molar-refractivity contribution in [1.29, 1.82) is 0 Å². The van der Waals surface area contributed by atoms with Crippen LogP contribution in [0.4, 0.5) is 0 Å². The lowest BCUT2D eigenvalue weighted by Crippen LogP contribution is -1.95. The number of pyridine rings is 3. The van der Waals surface area contributed by atoms with Gasteiger partial charge in [0.15, 0.2) is 5.65 Å². The molecule has 0 unspecified atom stereocenters. The summed E-state index contributed by atoms with van der Waals surface area (Å²) in [6.07, 6.45) is 6.55. The van der Waals surface area contributed by atoms with E-state index in [1.54, 1.807) is 6.20 Å². The maximum absolute atomic E-state index is 4.97. The number of hydrogen-bond donors (Lipinski definition) is 0. The van der Waals surface area contributed by atoms with E-state index in [1.165, 1.54) is 33.0 Å². The topological polar surface area (TPSA) is 43.1 Å². The zero-order valence-electron chi connectivity index (χ0n) is 14.9. The highest BCUT2D eigenvalue weighted by atomic mass is 15.1. The van der Waals surface area contributed by atoms with Gasteiger partial charge in [-0.3, -0.25) is 9.38 Å². The third-order valence-electron chi connectivity index (χ3n) is 5.97. The van der Waals surface area contributed by atoms with Crippen molar-refractivity contribution in [2.45, 2.75) is 6.42 Å². The fourth-order valence-electron chi connectivity index (χ4n) is 4.81. The number of aromatic nitrogens is 4. The number of hydrogen-bond acceptors (Lipinski definition) is 3. The van der Waals surface area contributed by atoms with Crippen LogP contribution in [-0.4, -0.2) is 19.4 Å². The zero-order chi connectivity index (χ0) is 18.2. The van der Waals surface area contributed by atoms with Crippen molar-refractivity contribution >= 4 is 38.5 Å². The summed E-state index contributed by atoms with van der Waals surface area (Å²) in [6, 6.07) is 19.3. The third-order valence-corrected chi connectivity index (χ3v) is 5.97. The lowest BCUT2D eigenvalue weighted by atomic mass is 9.98. The van der Waals surface area contributed by atoms with Gasteiger partial charge in [-0.05, 0) is 52.3 Å². The highest BCUT2D eigenvalue weighted by Crippen LogP contribution is 2.43. The van der Waals surface area contributed by atoms with E-state index >= 15 is 0 Å². The molecule has 130 valence electrons. The van der Waals surface area contributed by atoms with Crippen LogP contribution >= 0.6 is 0 Å². The molecule has 0 bridgehead atoms. The molecular weight excluding hydrogens is 344 g/mol. The molecule has 0 amide bonds. The van der Waals surface area contributed by atoms with Crippen LogP contribution in [0.15, 0.2) is 73.2 Å². The van der Waals surface area contributed by atoms with Crippen LogP contribution in [0.2, 0.25) is 0 Å². The number of benzene rings is 2. The Kier molecular flexibility index (Phi) is 2.51. The number of imidazole rings is 1. The average Bonchev–Trinajstić information content (AvgIpc) is 3.32. The fraction of sp³-hybridized carbons (Fsp3) is 0.0417. The van der Waals surface area contributed by atoms with Crippen LogP contribution in [0, 0.1) is 0 Å². The summed E-state index contributed by atoms with van der Waals surface area (Å²) in [6.45, 7) is 0. The molecule has 7 rings (SSSR count). The molecule has 0 radical (unpaired) electrons. The molecule has 1 aliphatic rings.